The lowest BCUT2D eigenvalue weighted by atomic mass is 10.00. The highest BCUT2D eigenvalue weighted by Gasteiger charge is 2.24. The lowest BCUT2D eigenvalue weighted by Gasteiger charge is -2.12. The van der Waals surface area contributed by atoms with Gasteiger partial charge in [0, 0.05) is 83.6 Å². The van der Waals surface area contributed by atoms with E-state index in [-0.39, 0.29) is 0 Å². The molecular formula is C87H55N11. The minimum Gasteiger partial charge on any atom is -0.308 e. The maximum Gasteiger partial charge on any atom is 0.220 e. The molecule has 0 saturated carbocycles. The Hall–Kier alpha value is -13.5. The molecule has 12 aromatic carbocycles. The van der Waals surface area contributed by atoms with Crippen molar-refractivity contribution in [2.75, 3.05) is 0 Å². The molecule has 9 aromatic heterocycles. The third-order valence-electron chi connectivity index (χ3n) is 19.5. The molecule has 0 unspecified atom stereocenters. The fraction of sp³-hybridized carbons (Fsp3) is 0. The molecule has 0 fully saturated rings. The number of para-hydroxylation sites is 10. The van der Waals surface area contributed by atoms with Crippen LogP contribution in [0.3, 0.4) is 0 Å². The first kappa shape index (κ1) is 55.0. The van der Waals surface area contributed by atoms with Crippen LogP contribution in [0.2, 0.25) is 0 Å². The number of nitrogens with zero attached hydrogens (tertiary/aromatic N) is 11. The molecule has 458 valence electrons. The lowest BCUT2D eigenvalue weighted by Crippen LogP contribution is -2.05. The van der Waals surface area contributed by atoms with Crippen molar-refractivity contribution in [1.82, 2.24) is 52.3 Å². The fourth-order valence-electron chi connectivity index (χ4n) is 15.2. The lowest BCUT2D eigenvalue weighted by molar-refractivity contribution is 0.953. The van der Waals surface area contributed by atoms with Gasteiger partial charge in [-0.25, -0.2) is 9.97 Å². The molecule has 9 heterocycles. The maximum atomic E-state index is 5.25. The highest BCUT2D eigenvalue weighted by Crippen LogP contribution is 2.43. The third kappa shape index (κ3) is 8.52. The van der Waals surface area contributed by atoms with Gasteiger partial charge in [-0.15, -0.1) is 0 Å². The minimum absolute atomic E-state index is 0.835. The summed E-state index contributed by atoms with van der Waals surface area (Å²) in [5.41, 5.74) is 22.9. The van der Waals surface area contributed by atoms with Crippen molar-refractivity contribution in [2.45, 2.75) is 0 Å². The smallest absolute Gasteiger partial charge is 0.220 e. The second-order valence-corrected chi connectivity index (χ2v) is 24.9. The van der Waals surface area contributed by atoms with Crippen molar-refractivity contribution < 1.29 is 0 Å². The molecule has 0 bridgehead atoms. The number of benzene rings is 12. The largest absolute Gasteiger partial charge is 0.308 e. The SMILES string of the molecule is c1ccc(-n2c(-n3c4ccc(-c5ccc6c(c5)c5ccncc5n6-c5ccccc5)cc4c4ccncc43)nc3ccccc32)cc1.c1ccc(-n2c(-n3c4ccccc4c4cc(-c5ccc6c(c5)c5c7ccccc7ncc5n6-c5ccccc5)ccc43)nc3ccccc32)cc1. The molecule has 11 heteroatoms. The molecule has 0 atom stereocenters. The summed E-state index contributed by atoms with van der Waals surface area (Å²) >= 11 is 0. The van der Waals surface area contributed by atoms with Crippen LogP contribution >= 0.6 is 0 Å². The van der Waals surface area contributed by atoms with E-state index in [1.54, 1.807) is 0 Å². The summed E-state index contributed by atoms with van der Waals surface area (Å²) in [6.07, 6.45) is 9.68. The third-order valence-corrected chi connectivity index (χ3v) is 19.5. The first-order valence-electron chi connectivity index (χ1n) is 32.9. The summed E-state index contributed by atoms with van der Waals surface area (Å²) in [6.45, 7) is 0. The Morgan fingerprint density at radius 1 is 0.204 bits per heavy atom. The van der Waals surface area contributed by atoms with Gasteiger partial charge in [0.25, 0.3) is 0 Å². The fourth-order valence-corrected chi connectivity index (χ4v) is 15.2. The Balaban J connectivity index is 0.000000133. The average Bonchev–Trinajstić information content (AvgIpc) is 1.59. The van der Waals surface area contributed by atoms with Crippen LogP contribution in [0.1, 0.15) is 0 Å². The van der Waals surface area contributed by atoms with Crippen molar-refractivity contribution in [3.8, 4) is 56.9 Å². The number of hydrogen-bond donors (Lipinski definition) is 0. The molecule has 0 amide bonds. The van der Waals surface area contributed by atoms with Crippen LogP contribution in [-0.2, 0) is 0 Å². The topological polar surface area (TPSA) is 94.0 Å². The van der Waals surface area contributed by atoms with Crippen LogP contribution in [0.15, 0.2) is 334 Å². The predicted molar refractivity (Wildman–Crippen MR) is 401 cm³/mol. The van der Waals surface area contributed by atoms with E-state index in [1.807, 2.05) is 49.2 Å². The Labute approximate surface area is 560 Å². The summed E-state index contributed by atoms with van der Waals surface area (Å²) in [5.74, 6) is 1.71. The number of aromatic nitrogens is 11. The highest BCUT2D eigenvalue weighted by atomic mass is 15.3. The first-order chi connectivity index (χ1) is 48.6. The summed E-state index contributed by atoms with van der Waals surface area (Å²) in [7, 11) is 0. The molecule has 0 aliphatic rings. The van der Waals surface area contributed by atoms with Gasteiger partial charge >= 0.3 is 0 Å². The van der Waals surface area contributed by atoms with Crippen molar-refractivity contribution in [3.05, 3.63) is 334 Å². The van der Waals surface area contributed by atoms with E-state index in [4.69, 9.17) is 15.0 Å². The van der Waals surface area contributed by atoms with Crippen molar-refractivity contribution >= 4 is 120 Å². The van der Waals surface area contributed by atoms with Gasteiger partial charge in [-0.2, -0.15) is 0 Å². The van der Waals surface area contributed by atoms with Crippen LogP contribution < -0.4 is 0 Å². The normalized spacial score (nSPS) is 11.9. The maximum absolute atomic E-state index is 5.25. The molecule has 0 spiro atoms. The minimum atomic E-state index is 0.835. The molecule has 11 nitrogen and oxygen atoms in total. The van der Waals surface area contributed by atoms with Gasteiger partial charge in [0.15, 0.2) is 0 Å². The standard InChI is InChI=1S/C46H29N5.C41H26N6/c1-3-13-32(14-4-1)49-42-26-24-31(28-37(42)45-35-18-7-9-19-38(35)47-29-44(45)49)30-23-25-41-36(27-30)34-17-8-11-21-40(34)51(41)46-48-39-20-10-12-22-43(39)50(46)33-15-5-2-6-16-33;1-3-9-29(10-4-1)45-36-17-15-27(23-33(36)31-19-21-42-25-39(31)45)28-16-18-37-34(24-28)32-20-22-43-26-40(32)47(37)41-44-35-13-7-8-14-38(35)46(41)30-11-5-2-6-12-30/h1-29H;1-26H. The Morgan fingerprint density at radius 2 is 0.541 bits per heavy atom. The zero-order valence-electron chi connectivity index (χ0n) is 52.7. The first-order valence-corrected chi connectivity index (χ1v) is 32.9. The average molecular weight is 1250 g/mol. The van der Waals surface area contributed by atoms with Gasteiger partial charge < -0.3 is 9.13 Å². The van der Waals surface area contributed by atoms with Crippen LogP contribution in [0.5, 0.6) is 0 Å². The number of fused-ring (bicyclic) bond motifs is 16. The van der Waals surface area contributed by atoms with Crippen molar-refractivity contribution in [1.29, 1.82) is 0 Å². The quantitative estimate of drug-likeness (QED) is 0.151. The van der Waals surface area contributed by atoms with E-state index in [1.165, 1.54) is 43.4 Å². The van der Waals surface area contributed by atoms with Crippen LogP contribution in [0.4, 0.5) is 0 Å². The number of pyridine rings is 3. The molecule has 98 heavy (non-hydrogen) atoms. The monoisotopic (exact) mass is 1250 g/mol. The van der Waals surface area contributed by atoms with E-state index in [9.17, 15) is 0 Å². The Morgan fingerprint density at radius 3 is 1.03 bits per heavy atom. The molecule has 21 aromatic rings. The van der Waals surface area contributed by atoms with E-state index in [2.05, 4.69) is 322 Å². The Kier molecular flexibility index (Phi) is 12.4. The van der Waals surface area contributed by atoms with Gasteiger partial charge in [0.05, 0.1) is 90.3 Å². The Bertz CT molecular complexity index is 6730. The molecule has 21 rings (SSSR count). The summed E-state index contributed by atoms with van der Waals surface area (Å²) < 4.78 is 13.7. The summed E-state index contributed by atoms with van der Waals surface area (Å²) in [4.78, 5) is 24.3. The van der Waals surface area contributed by atoms with Crippen LogP contribution in [0, 0.1) is 0 Å². The number of rotatable bonds is 8. The molecule has 0 radical (unpaired) electrons. The van der Waals surface area contributed by atoms with Crippen molar-refractivity contribution in [2.24, 2.45) is 0 Å². The van der Waals surface area contributed by atoms with Crippen molar-refractivity contribution in [3.63, 3.8) is 0 Å². The molecule has 0 N–H and O–H groups in total. The summed E-state index contributed by atoms with van der Waals surface area (Å²) in [5, 5.41) is 10.7. The van der Waals surface area contributed by atoms with Gasteiger partial charge in [-0.3, -0.25) is 33.2 Å². The van der Waals surface area contributed by atoms with Gasteiger partial charge in [-0.1, -0.05) is 158 Å². The second kappa shape index (κ2) is 22.1. The zero-order chi connectivity index (χ0) is 64.4. The molecule has 0 aliphatic carbocycles. The van der Waals surface area contributed by atoms with Gasteiger partial charge in [0.1, 0.15) is 0 Å². The number of hydrogen-bond acceptors (Lipinski definition) is 5. The van der Waals surface area contributed by atoms with Gasteiger partial charge in [0.2, 0.25) is 11.9 Å². The van der Waals surface area contributed by atoms with Crippen LogP contribution in [-0.4, -0.2) is 52.3 Å². The van der Waals surface area contributed by atoms with Crippen LogP contribution in [0.25, 0.3) is 177 Å². The number of imidazole rings is 2. The molecule has 0 saturated heterocycles. The molecule has 0 aliphatic heterocycles. The summed E-state index contributed by atoms with van der Waals surface area (Å²) in [6, 6.07) is 107. The van der Waals surface area contributed by atoms with E-state index < -0.39 is 0 Å². The second-order valence-electron chi connectivity index (χ2n) is 24.9. The van der Waals surface area contributed by atoms with Gasteiger partial charge in [-0.05, 0) is 168 Å². The zero-order valence-corrected chi connectivity index (χ0v) is 52.7. The highest BCUT2D eigenvalue weighted by molar-refractivity contribution is 6.21. The van der Waals surface area contributed by atoms with E-state index >= 15 is 0 Å². The molecular weight excluding hydrogens is 1200 g/mol. The van der Waals surface area contributed by atoms with E-state index in [0.717, 1.165) is 134 Å². The predicted octanol–water partition coefficient (Wildman–Crippen LogP) is 21.1. The van der Waals surface area contributed by atoms with E-state index in [0.29, 0.717) is 0 Å².